The number of carbonyl (C=O) groups excluding carboxylic acids is 2. The van der Waals surface area contributed by atoms with Crippen LogP contribution >= 0.6 is 11.3 Å². The van der Waals surface area contributed by atoms with Crippen molar-refractivity contribution in [1.82, 2.24) is 4.98 Å². The fraction of sp³-hybridized carbons (Fsp3) is 0.0870. The first-order chi connectivity index (χ1) is 15.1. The van der Waals surface area contributed by atoms with Crippen molar-refractivity contribution in [2.75, 3.05) is 12.0 Å². The van der Waals surface area contributed by atoms with Gasteiger partial charge in [-0.2, -0.15) is 0 Å². The summed E-state index contributed by atoms with van der Waals surface area (Å²) in [5.74, 6) is -1.26. The number of anilines is 1. The summed E-state index contributed by atoms with van der Waals surface area (Å²) < 4.78 is 11.0. The van der Waals surface area contributed by atoms with Crippen molar-refractivity contribution in [2.24, 2.45) is 0 Å². The maximum absolute atomic E-state index is 13.5. The SMILES string of the molecule is COc1cccc([C@@H]2C(C(=O)c3cc4ccccc4o3)=C(O)C(=O)N2c2nccs2)c1. The summed E-state index contributed by atoms with van der Waals surface area (Å²) in [6, 6.07) is 15.0. The molecule has 154 valence electrons. The zero-order valence-electron chi connectivity index (χ0n) is 16.3. The molecule has 8 heteroatoms. The molecule has 0 radical (unpaired) electrons. The molecule has 0 unspecified atom stereocenters. The lowest BCUT2D eigenvalue weighted by Gasteiger charge is -2.24. The highest BCUT2D eigenvalue weighted by atomic mass is 32.1. The predicted molar refractivity (Wildman–Crippen MR) is 116 cm³/mol. The van der Waals surface area contributed by atoms with Gasteiger partial charge in [-0.15, -0.1) is 11.3 Å². The number of ketones is 1. The quantitative estimate of drug-likeness (QED) is 0.460. The van der Waals surface area contributed by atoms with E-state index in [0.717, 1.165) is 5.39 Å². The van der Waals surface area contributed by atoms with Crippen molar-refractivity contribution in [3.63, 3.8) is 0 Å². The number of nitrogens with zero attached hydrogens (tertiary/aromatic N) is 2. The Hall–Kier alpha value is -3.91. The van der Waals surface area contributed by atoms with E-state index in [1.54, 1.807) is 54.0 Å². The number of aliphatic hydroxyl groups excluding tert-OH is 1. The number of fused-ring (bicyclic) bond motifs is 1. The third kappa shape index (κ3) is 3.08. The van der Waals surface area contributed by atoms with Gasteiger partial charge in [-0.05, 0) is 29.8 Å². The Morgan fingerprint density at radius 2 is 2.03 bits per heavy atom. The molecule has 5 rings (SSSR count). The molecule has 2 aromatic carbocycles. The van der Waals surface area contributed by atoms with E-state index in [1.165, 1.54) is 23.3 Å². The number of methoxy groups -OCH3 is 1. The molecule has 1 atom stereocenters. The zero-order valence-corrected chi connectivity index (χ0v) is 17.1. The van der Waals surface area contributed by atoms with Crippen LogP contribution in [0.1, 0.15) is 22.2 Å². The number of amides is 1. The van der Waals surface area contributed by atoms with E-state index in [-0.39, 0.29) is 11.3 Å². The first-order valence-electron chi connectivity index (χ1n) is 9.42. The first kappa shape index (κ1) is 19.1. The summed E-state index contributed by atoms with van der Waals surface area (Å²) >= 11 is 1.24. The number of aliphatic hydroxyl groups is 1. The smallest absolute Gasteiger partial charge is 0.296 e. The number of benzene rings is 2. The number of hydrogen-bond acceptors (Lipinski definition) is 7. The van der Waals surface area contributed by atoms with Gasteiger partial charge in [0.25, 0.3) is 5.91 Å². The number of carbonyl (C=O) groups is 2. The number of furan rings is 1. The Balaban J connectivity index is 1.67. The van der Waals surface area contributed by atoms with Gasteiger partial charge in [0.05, 0.1) is 18.7 Å². The van der Waals surface area contributed by atoms with Crippen LogP contribution in [-0.4, -0.2) is 28.9 Å². The van der Waals surface area contributed by atoms with Crippen LogP contribution in [0.25, 0.3) is 11.0 Å². The van der Waals surface area contributed by atoms with Crippen LogP contribution in [0.5, 0.6) is 5.75 Å². The summed E-state index contributed by atoms with van der Waals surface area (Å²) in [6.07, 6.45) is 1.56. The minimum absolute atomic E-state index is 0.0458. The average molecular weight is 432 g/mol. The van der Waals surface area contributed by atoms with Gasteiger partial charge in [-0.25, -0.2) is 4.98 Å². The number of aromatic nitrogens is 1. The fourth-order valence-electron chi connectivity index (χ4n) is 3.72. The Bertz CT molecular complexity index is 1310. The van der Waals surface area contributed by atoms with Gasteiger partial charge < -0.3 is 14.3 Å². The summed E-state index contributed by atoms with van der Waals surface area (Å²) in [7, 11) is 1.53. The van der Waals surface area contributed by atoms with Gasteiger partial charge in [0, 0.05) is 17.0 Å². The zero-order chi connectivity index (χ0) is 21.5. The minimum atomic E-state index is -0.880. The molecule has 31 heavy (non-hydrogen) atoms. The van der Waals surface area contributed by atoms with Crippen LogP contribution in [0.3, 0.4) is 0 Å². The molecule has 3 heterocycles. The van der Waals surface area contributed by atoms with Gasteiger partial charge in [0.1, 0.15) is 11.3 Å². The monoisotopic (exact) mass is 432 g/mol. The van der Waals surface area contributed by atoms with Crippen LogP contribution in [0, 0.1) is 0 Å². The molecule has 1 N–H and O–H groups in total. The van der Waals surface area contributed by atoms with Crippen molar-refractivity contribution < 1.29 is 23.8 Å². The largest absolute Gasteiger partial charge is 0.503 e. The average Bonchev–Trinajstić information content (AvgIpc) is 3.52. The highest BCUT2D eigenvalue weighted by molar-refractivity contribution is 7.13. The van der Waals surface area contributed by atoms with Crippen molar-refractivity contribution >= 4 is 39.1 Å². The number of rotatable bonds is 5. The van der Waals surface area contributed by atoms with Gasteiger partial charge in [-0.3, -0.25) is 14.5 Å². The summed E-state index contributed by atoms with van der Waals surface area (Å²) in [5.41, 5.74) is 1.09. The van der Waals surface area contributed by atoms with Gasteiger partial charge >= 0.3 is 0 Å². The second-order valence-corrected chi connectivity index (χ2v) is 7.78. The Morgan fingerprint density at radius 1 is 1.19 bits per heavy atom. The number of thiazole rings is 1. The standard InChI is InChI=1S/C23H16N2O5S/c1-29-15-7-4-6-14(11-15)19-18(21(27)22(28)25(19)23-24-9-10-31-23)20(26)17-12-13-5-2-3-8-16(13)30-17/h2-12,19,27H,1H3/t19-/m1/s1. The van der Waals surface area contributed by atoms with E-state index in [2.05, 4.69) is 4.98 Å². The molecular formula is C23H16N2O5S. The van der Waals surface area contributed by atoms with Gasteiger partial charge in [-0.1, -0.05) is 30.3 Å². The molecule has 0 saturated carbocycles. The summed E-state index contributed by atoms with van der Waals surface area (Å²) in [5, 5.41) is 13.6. The third-order valence-electron chi connectivity index (χ3n) is 5.14. The molecule has 1 aliphatic rings. The normalized spacial score (nSPS) is 16.4. The highest BCUT2D eigenvalue weighted by Crippen LogP contribution is 2.43. The van der Waals surface area contributed by atoms with Crippen molar-refractivity contribution in [2.45, 2.75) is 6.04 Å². The van der Waals surface area contributed by atoms with E-state index in [0.29, 0.717) is 22.0 Å². The number of para-hydroxylation sites is 1. The van der Waals surface area contributed by atoms with Crippen molar-refractivity contribution in [1.29, 1.82) is 0 Å². The molecule has 0 saturated heterocycles. The van der Waals surface area contributed by atoms with Crippen molar-refractivity contribution in [3.05, 3.63) is 88.8 Å². The van der Waals surface area contributed by atoms with Crippen LogP contribution in [-0.2, 0) is 4.79 Å². The second-order valence-electron chi connectivity index (χ2n) is 6.91. The molecule has 0 aliphatic carbocycles. The predicted octanol–water partition coefficient (Wildman–Crippen LogP) is 4.68. The molecule has 0 spiro atoms. The minimum Gasteiger partial charge on any atom is -0.503 e. The molecule has 7 nitrogen and oxygen atoms in total. The number of ether oxygens (including phenoxy) is 1. The lowest BCUT2D eigenvalue weighted by Crippen LogP contribution is -2.30. The fourth-order valence-corrected chi connectivity index (χ4v) is 4.39. The molecule has 4 aromatic rings. The van der Waals surface area contributed by atoms with E-state index in [4.69, 9.17) is 9.15 Å². The molecule has 1 aliphatic heterocycles. The number of hydrogen-bond donors (Lipinski definition) is 1. The topological polar surface area (TPSA) is 92.9 Å². The molecule has 2 aromatic heterocycles. The van der Waals surface area contributed by atoms with Gasteiger partial charge in [0.15, 0.2) is 16.7 Å². The highest BCUT2D eigenvalue weighted by Gasteiger charge is 2.46. The van der Waals surface area contributed by atoms with Crippen LogP contribution in [0.15, 0.2) is 81.9 Å². The lowest BCUT2D eigenvalue weighted by molar-refractivity contribution is -0.117. The van der Waals surface area contributed by atoms with E-state index >= 15 is 0 Å². The second kappa shape index (κ2) is 7.41. The van der Waals surface area contributed by atoms with Crippen molar-refractivity contribution in [3.8, 4) is 5.75 Å². The molecular weight excluding hydrogens is 416 g/mol. The van der Waals surface area contributed by atoms with E-state index in [9.17, 15) is 14.7 Å². The van der Waals surface area contributed by atoms with Gasteiger partial charge in [0.2, 0.25) is 5.78 Å². The Kier molecular flexibility index (Phi) is 4.56. The third-order valence-corrected chi connectivity index (χ3v) is 5.91. The van der Waals surface area contributed by atoms with E-state index < -0.39 is 23.5 Å². The Morgan fingerprint density at radius 3 is 2.77 bits per heavy atom. The lowest BCUT2D eigenvalue weighted by atomic mass is 9.95. The summed E-state index contributed by atoms with van der Waals surface area (Å²) in [6.45, 7) is 0. The number of Topliss-reactive ketones (excluding diaryl/α,β-unsaturated/α-hetero) is 1. The maximum Gasteiger partial charge on any atom is 0.296 e. The first-order valence-corrected chi connectivity index (χ1v) is 10.3. The molecule has 0 bridgehead atoms. The Labute approximate surface area is 180 Å². The molecule has 1 amide bonds. The van der Waals surface area contributed by atoms with Crippen LogP contribution < -0.4 is 9.64 Å². The van der Waals surface area contributed by atoms with E-state index in [1.807, 2.05) is 12.1 Å². The maximum atomic E-state index is 13.5. The summed E-state index contributed by atoms with van der Waals surface area (Å²) in [4.78, 5) is 32.1. The van der Waals surface area contributed by atoms with Crippen LogP contribution in [0.2, 0.25) is 0 Å². The van der Waals surface area contributed by atoms with Crippen LogP contribution in [0.4, 0.5) is 5.13 Å². The molecule has 0 fully saturated rings.